The molecule has 1 aliphatic rings. The molecule has 2 amide bonds. The summed E-state index contributed by atoms with van der Waals surface area (Å²) in [4.78, 5) is 25.8. The summed E-state index contributed by atoms with van der Waals surface area (Å²) in [6, 6.07) is 12.5. The number of rotatable bonds is 9. The van der Waals surface area contributed by atoms with Crippen molar-refractivity contribution in [1.82, 2.24) is 0 Å². The first kappa shape index (κ1) is 20.3. The number of hydrogen-bond acceptors (Lipinski definition) is 5. The van der Waals surface area contributed by atoms with Crippen LogP contribution >= 0.6 is 0 Å². The van der Waals surface area contributed by atoms with E-state index in [-0.39, 0.29) is 18.4 Å². The second-order valence-corrected chi connectivity index (χ2v) is 6.44. The van der Waals surface area contributed by atoms with Gasteiger partial charge in [-0.15, -0.1) is 6.58 Å². The lowest BCUT2D eigenvalue weighted by Crippen LogP contribution is -2.38. The van der Waals surface area contributed by atoms with Crippen molar-refractivity contribution in [2.75, 3.05) is 37.1 Å². The van der Waals surface area contributed by atoms with Crippen LogP contribution < -0.4 is 24.4 Å². The van der Waals surface area contributed by atoms with E-state index in [9.17, 15) is 9.59 Å². The highest BCUT2D eigenvalue weighted by Gasteiger charge is 2.24. The molecule has 152 valence electrons. The van der Waals surface area contributed by atoms with Gasteiger partial charge in [0.1, 0.15) is 17.2 Å². The van der Waals surface area contributed by atoms with Crippen molar-refractivity contribution in [1.29, 1.82) is 0 Å². The van der Waals surface area contributed by atoms with Gasteiger partial charge in [0, 0.05) is 24.7 Å². The van der Waals surface area contributed by atoms with Gasteiger partial charge >= 0.3 is 0 Å². The molecule has 0 unspecified atom stereocenters. The Labute approximate surface area is 169 Å². The lowest BCUT2D eigenvalue weighted by molar-refractivity contribution is -0.121. The van der Waals surface area contributed by atoms with Crippen LogP contribution in [-0.4, -0.2) is 38.7 Å². The van der Waals surface area contributed by atoms with Gasteiger partial charge in [0.25, 0.3) is 5.91 Å². The van der Waals surface area contributed by atoms with Crippen molar-refractivity contribution in [2.45, 2.75) is 12.8 Å². The number of ether oxygens (including phenoxy) is 3. The minimum Gasteiger partial charge on any atom is -0.497 e. The lowest BCUT2D eigenvalue weighted by Gasteiger charge is -2.28. The summed E-state index contributed by atoms with van der Waals surface area (Å²) < 4.78 is 16.2. The Balaban J connectivity index is 1.48. The summed E-state index contributed by atoms with van der Waals surface area (Å²) in [6.07, 6.45) is 2.58. The number of hydrogen-bond donors (Lipinski definition) is 1. The molecule has 2 aromatic rings. The number of nitrogens with zero attached hydrogens (tertiary/aromatic N) is 1. The summed E-state index contributed by atoms with van der Waals surface area (Å²) >= 11 is 0. The molecule has 7 heteroatoms. The van der Waals surface area contributed by atoms with Gasteiger partial charge in [-0.25, -0.2) is 0 Å². The fourth-order valence-electron chi connectivity index (χ4n) is 2.93. The highest BCUT2D eigenvalue weighted by molar-refractivity contribution is 5.99. The number of benzene rings is 2. The van der Waals surface area contributed by atoms with E-state index in [2.05, 4.69) is 11.9 Å². The predicted molar refractivity (Wildman–Crippen MR) is 111 cm³/mol. The molecule has 0 aliphatic carbocycles. The smallest absolute Gasteiger partial charge is 0.265 e. The second-order valence-electron chi connectivity index (χ2n) is 6.44. The first-order chi connectivity index (χ1) is 14.1. The van der Waals surface area contributed by atoms with Gasteiger partial charge in [0.05, 0.1) is 19.4 Å². The molecule has 0 saturated heterocycles. The molecule has 1 heterocycles. The number of carbonyl (C=O) groups excluding carboxylic acids is 2. The maximum atomic E-state index is 12.2. The Hall–Kier alpha value is -3.48. The SMILES string of the molecule is C=CCN1C(=O)COc2cc(NC(=O)CCCOc3ccc(OC)cc3)ccc21. The van der Waals surface area contributed by atoms with Crippen molar-refractivity contribution in [3.63, 3.8) is 0 Å². The van der Waals surface area contributed by atoms with Gasteiger partial charge < -0.3 is 24.4 Å². The number of carbonyl (C=O) groups is 2. The summed E-state index contributed by atoms with van der Waals surface area (Å²) in [5.41, 5.74) is 1.30. The van der Waals surface area contributed by atoms with E-state index in [0.29, 0.717) is 43.1 Å². The topological polar surface area (TPSA) is 77.1 Å². The largest absolute Gasteiger partial charge is 0.497 e. The number of anilines is 2. The molecule has 0 atom stereocenters. The van der Waals surface area contributed by atoms with Crippen molar-refractivity contribution >= 4 is 23.2 Å². The molecular weight excluding hydrogens is 372 g/mol. The lowest BCUT2D eigenvalue weighted by atomic mass is 10.2. The minimum atomic E-state index is -0.119. The number of nitrogens with one attached hydrogen (secondary N) is 1. The maximum absolute atomic E-state index is 12.2. The van der Waals surface area contributed by atoms with Crippen LogP contribution in [0.4, 0.5) is 11.4 Å². The quantitative estimate of drug-likeness (QED) is 0.519. The van der Waals surface area contributed by atoms with E-state index < -0.39 is 0 Å². The summed E-state index contributed by atoms with van der Waals surface area (Å²) in [7, 11) is 1.61. The molecule has 0 saturated carbocycles. The first-order valence-corrected chi connectivity index (χ1v) is 9.35. The Morgan fingerprint density at radius 3 is 2.72 bits per heavy atom. The van der Waals surface area contributed by atoms with E-state index in [1.807, 2.05) is 24.3 Å². The monoisotopic (exact) mass is 396 g/mol. The molecule has 0 radical (unpaired) electrons. The van der Waals surface area contributed by atoms with Crippen LogP contribution in [0.25, 0.3) is 0 Å². The molecule has 1 N–H and O–H groups in total. The molecule has 0 spiro atoms. The molecule has 0 aromatic heterocycles. The van der Waals surface area contributed by atoms with Crippen LogP contribution in [0.15, 0.2) is 55.1 Å². The van der Waals surface area contributed by atoms with Crippen LogP contribution in [0.1, 0.15) is 12.8 Å². The predicted octanol–water partition coefficient (Wildman–Crippen LogP) is 3.40. The first-order valence-electron chi connectivity index (χ1n) is 9.35. The van der Waals surface area contributed by atoms with Gasteiger partial charge in [-0.1, -0.05) is 6.08 Å². The van der Waals surface area contributed by atoms with Crippen molar-refractivity contribution in [3.05, 3.63) is 55.1 Å². The van der Waals surface area contributed by atoms with E-state index in [1.165, 1.54) is 0 Å². The average molecular weight is 396 g/mol. The molecular formula is C22H24N2O5. The zero-order chi connectivity index (χ0) is 20.6. The summed E-state index contributed by atoms with van der Waals surface area (Å²) in [6.45, 7) is 4.50. The molecule has 3 rings (SSSR count). The van der Waals surface area contributed by atoms with Gasteiger partial charge in [-0.2, -0.15) is 0 Å². The van der Waals surface area contributed by atoms with Crippen LogP contribution in [0.3, 0.4) is 0 Å². The Kier molecular flexibility index (Phi) is 6.73. The van der Waals surface area contributed by atoms with Crippen LogP contribution in [0.2, 0.25) is 0 Å². The molecule has 2 aromatic carbocycles. The summed E-state index contributed by atoms with van der Waals surface area (Å²) in [5, 5.41) is 2.85. The van der Waals surface area contributed by atoms with E-state index >= 15 is 0 Å². The van der Waals surface area contributed by atoms with Gasteiger partial charge in [-0.05, 0) is 42.8 Å². The van der Waals surface area contributed by atoms with Gasteiger partial charge in [0.15, 0.2) is 6.61 Å². The van der Waals surface area contributed by atoms with Gasteiger partial charge in [-0.3, -0.25) is 9.59 Å². The van der Waals surface area contributed by atoms with Crippen LogP contribution in [0, 0.1) is 0 Å². The van der Waals surface area contributed by atoms with E-state index in [1.54, 1.807) is 36.3 Å². The highest BCUT2D eigenvalue weighted by Crippen LogP contribution is 2.34. The van der Waals surface area contributed by atoms with Crippen LogP contribution in [0.5, 0.6) is 17.2 Å². The van der Waals surface area contributed by atoms with Crippen molar-refractivity contribution in [2.24, 2.45) is 0 Å². The third kappa shape index (κ3) is 5.28. The highest BCUT2D eigenvalue weighted by atomic mass is 16.5. The number of fused-ring (bicyclic) bond motifs is 1. The van der Waals surface area contributed by atoms with Crippen LogP contribution in [-0.2, 0) is 9.59 Å². The van der Waals surface area contributed by atoms with Gasteiger partial charge in [0.2, 0.25) is 5.91 Å². The number of methoxy groups -OCH3 is 1. The zero-order valence-corrected chi connectivity index (χ0v) is 16.3. The number of amides is 2. The Morgan fingerprint density at radius 1 is 1.24 bits per heavy atom. The minimum absolute atomic E-state index is 0.0268. The fraction of sp³-hybridized carbons (Fsp3) is 0.273. The summed E-state index contributed by atoms with van der Waals surface area (Å²) in [5.74, 6) is 1.83. The van der Waals surface area contributed by atoms with Crippen molar-refractivity contribution in [3.8, 4) is 17.2 Å². The normalized spacial score (nSPS) is 12.6. The fourth-order valence-corrected chi connectivity index (χ4v) is 2.93. The van der Waals surface area contributed by atoms with E-state index in [4.69, 9.17) is 14.2 Å². The third-order valence-corrected chi connectivity index (χ3v) is 4.37. The molecule has 29 heavy (non-hydrogen) atoms. The van der Waals surface area contributed by atoms with E-state index in [0.717, 1.165) is 11.5 Å². The Bertz CT molecular complexity index is 879. The molecule has 1 aliphatic heterocycles. The standard InChI is InChI=1S/C22H24N2O5/c1-3-12-24-19-11-6-16(14-20(19)29-15-22(24)26)23-21(25)5-4-13-28-18-9-7-17(27-2)8-10-18/h3,6-11,14H,1,4-5,12-13,15H2,2H3,(H,23,25). The zero-order valence-electron chi connectivity index (χ0n) is 16.3. The maximum Gasteiger partial charge on any atom is 0.265 e. The van der Waals surface area contributed by atoms with Crippen molar-refractivity contribution < 1.29 is 23.8 Å². The molecule has 0 bridgehead atoms. The Morgan fingerprint density at radius 2 is 2.00 bits per heavy atom. The second kappa shape index (κ2) is 9.64. The third-order valence-electron chi connectivity index (χ3n) is 4.37. The average Bonchev–Trinajstić information content (AvgIpc) is 2.74. The molecule has 0 fully saturated rings. The molecule has 7 nitrogen and oxygen atoms in total.